The highest BCUT2D eigenvalue weighted by Gasteiger charge is 2.22. The maximum absolute atomic E-state index is 14.7. The van der Waals surface area contributed by atoms with Gasteiger partial charge in [0.1, 0.15) is 11.6 Å². The highest BCUT2D eigenvalue weighted by atomic mass is 19.1. The highest BCUT2D eigenvalue weighted by molar-refractivity contribution is 6.11. The molecule has 3 aromatic rings. The molecule has 2 aliphatic rings. The Hall–Kier alpha value is -4.08. The lowest BCUT2D eigenvalue weighted by Gasteiger charge is -2.11. The number of amides is 3. The van der Waals surface area contributed by atoms with Crippen molar-refractivity contribution in [1.82, 2.24) is 20.1 Å². The van der Waals surface area contributed by atoms with Crippen LogP contribution in [0.4, 0.5) is 15.8 Å². The van der Waals surface area contributed by atoms with Gasteiger partial charge in [-0.25, -0.2) is 4.39 Å². The minimum absolute atomic E-state index is 0.139. The maximum atomic E-state index is 14.7. The van der Waals surface area contributed by atoms with Crippen molar-refractivity contribution in [3.63, 3.8) is 0 Å². The zero-order chi connectivity index (χ0) is 22.9. The average molecular weight is 448 g/mol. The van der Waals surface area contributed by atoms with Crippen LogP contribution in [-0.2, 0) is 17.8 Å². The van der Waals surface area contributed by atoms with Crippen molar-refractivity contribution in [1.29, 1.82) is 0 Å². The van der Waals surface area contributed by atoms with Crippen LogP contribution in [0.1, 0.15) is 45.8 Å². The molecule has 0 saturated heterocycles. The first-order chi connectivity index (χ1) is 16.0. The molecule has 0 atom stereocenters. The molecule has 3 heterocycles. The van der Waals surface area contributed by atoms with Gasteiger partial charge in [-0.2, -0.15) is 0 Å². The summed E-state index contributed by atoms with van der Waals surface area (Å²) in [5, 5.41) is 16.3. The molecule has 3 amide bonds. The molecule has 1 aromatic heterocycles. The first-order valence-electron chi connectivity index (χ1n) is 10.7. The third-order valence-corrected chi connectivity index (χ3v) is 5.78. The van der Waals surface area contributed by atoms with E-state index in [4.69, 9.17) is 0 Å². The molecule has 0 bridgehead atoms. The van der Waals surface area contributed by atoms with Gasteiger partial charge >= 0.3 is 0 Å². The molecular formula is C23H21FN6O3. The van der Waals surface area contributed by atoms with Gasteiger partial charge in [-0.3, -0.25) is 14.4 Å². The number of carbonyl (C=O) groups is 3. The van der Waals surface area contributed by atoms with Gasteiger partial charge in [-0.15, -0.1) is 10.2 Å². The second-order valence-corrected chi connectivity index (χ2v) is 8.04. The number of hydrogen-bond donors (Lipinski definition) is 3. The lowest BCUT2D eigenvalue weighted by Crippen LogP contribution is -2.28. The first kappa shape index (κ1) is 20.8. The standard InChI is InChI=1S/C23H21FN6O3/c24-17-8-6-14(11-16(17)21-29-28-19-4-2-1-3-9-30(19)21)26-22(32)13-5-7-15-18(10-13)27-20(31)12-25-23(15)33/h5-8,10-11H,1-4,9,12H2,(H,25,33)(H,26,32)(H,27,31). The molecule has 9 nitrogen and oxygen atoms in total. The SMILES string of the molecule is O=C1CNC(=O)c2ccc(C(=O)Nc3ccc(F)c(-c4nnc5n4CCCCC5)c3)cc2N1. The topological polar surface area (TPSA) is 118 Å². The summed E-state index contributed by atoms with van der Waals surface area (Å²) in [4.78, 5) is 36.7. The van der Waals surface area contributed by atoms with Crippen molar-refractivity contribution in [2.24, 2.45) is 0 Å². The molecular weight excluding hydrogens is 427 g/mol. The summed E-state index contributed by atoms with van der Waals surface area (Å²) in [5.41, 5.74) is 1.42. The van der Waals surface area contributed by atoms with E-state index in [0.717, 1.165) is 38.1 Å². The zero-order valence-corrected chi connectivity index (χ0v) is 17.7. The largest absolute Gasteiger partial charge is 0.343 e. The van der Waals surface area contributed by atoms with Crippen LogP contribution in [0.25, 0.3) is 11.4 Å². The van der Waals surface area contributed by atoms with Crippen molar-refractivity contribution in [2.75, 3.05) is 17.2 Å². The van der Waals surface area contributed by atoms with E-state index in [1.807, 2.05) is 4.57 Å². The van der Waals surface area contributed by atoms with Crippen LogP contribution < -0.4 is 16.0 Å². The van der Waals surface area contributed by atoms with Gasteiger partial charge in [0.15, 0.2) is 5.82 Å². The van der Waals surface area contributed by atoms with E-state index in [9.17, 15) is 18.8 Å². The molecule has 0 fully saturated rings. The highest BCUT2D eigenvalue weighted by Crippen LogP contribution is 2.28. The Morgan fingerprint density at radius 1 is 1.03 bits per heavy atom. The Labute approximate surface area is 188 Å². The van der Waals surface area contributed by atoms with Crippen molar-refractivity contribution in [3.05, 3.63) is 59.2 Å². The van der Waals surface area contributed by atoms with Crippen molar-refractivity contribution in [2.45, 2.75) is 32.2 Å². The second-order valence-electron chi connectivity index (χ2n) is 8.04. The van der Waals surface area contributed by atoms with Crippen LogP contribution in [0.3, 0.4) is 0 Å². The Morgan fingerprint density at radius 3 is 2.79 bits per heavy atom. The maximum Gasteiger partial charge on any atom is 0.255 e. The second kappa shape index (κ2) is 8.45. The molecule has 0 unspecified atom stereocenters. The zero-order valence-electron chi connectivity index (χ0n) is 17.7. The van der Waals surface area contributed by atoms with Crippen molar-refractivity contribution in [3.8, 4) is 11.4 Å². The molecule has 3 N–H and O–H groups in total. The third-order valence-electron chi connectivity index (χ3n) is 5.78. The monoisotopic (exact) mass is 448 g/mol. The lowest BCUT2D eigenvalue weighted by atomic mass is 10.1. The molecule has 5 rings (SSSR count). The number of rotatable bonds is 3. The predicted molar refractivity (Wildman–Crippen MR) is 118 cm³/mol. The number of benzene rings is 2. The molecule has 0 aliphatic carbocycles. The smallest absolute Gasteiger partial charge is 0.255 e. The van der Waals surface area contributed by atoms with E-state index in [1.54, 1.807) is 0 Å². The summed E-state index contributed by atoms with van der Waals surface area (Å²) in [6.45, 7) is 0.585. The summed E-state index contributed by atoms with van der Waals surface area (Å²) >= 11 is 0. The van der Waals surface area contributed by atoms with E-state index < -0.39 is 17.6 Å². The summed E-state index contributed by atoms with van der Waals surface area (Å²) in [7, 11) is 0. The predicted octanol–water partition coefficient (Wildman–Crippen LogP) is 2.74. The molecule has 10 heteroatoms. The van der Waals surface area contributed by atoms with Crippen LogP contribution in [-0.4, -0.2) is 39.0 Å². The van der Waals surface area contributed by atoms with Gasteiger partial charge in [0.25, 0.3) is 11.8 Å². The summed E-state index contributed by atoms with van der Waals surface area (Å²) in [6, 6.07) is 8.70. The van der Waals surface area contributed by atoms with Crippen LogP contribution >= 0.6 is 0 Å². The molecule has 0 saturated carbocycles. The van der Waals surface area contributed by atoms with Crippen LogP contribution in [0, 0.1) is 5.82 Å². The van der Waals surface area contributed by atoms with Crippen LogP contribution in [0.15, 0.2) is 36.4 Å². The number of aryl methyl sites for hydroxylation is 1. The molecule has 168 valence electrons. The number of halogens is 1. The number of nitrogens with zero attached hydrogens (tertiary/aromatic N) is 3. The molecule has 0 radical (unpaired) electrons. The van der Waals surface area contributed by atoms with E-state index in [0.29, 0.717) is 11.5 Å². The van der Waals surface area contributed by atoms with E-state index in [1.165, 1.54) is 36.4 Å². The Kier molecular flexibility index (Phi) is 5.33. The van der Waals surface area contributed by atoms with Gasteiger partial charge in [0.05, 0.1) is 23.4 Å². The summed E-state index contributed by atoms with van der Waals surface area (Å²) < 4.78 is 16.6. The molecule has 2 aliphatic heterocycles. The number of fused-ring (bicyclic) bond motifs is 2. The number of aromatic nitrogens is 3. The lowest BCUT2D eigenvalue weighted by molar-refractivity contribution is -0.115. The fourth-order valence-corrected chi connectivity index (χ4v) is 4.10. The fraction of sp³-hybridized carbons (Fsp3) is 0.261. The van der Waals surface area contributed by atoms with Gasteiger partial charge < -0.3 is 20.5 Å². The Morgan fingerprint density at radius 2 is 1.91 bits per heavy atom. The van der Waals surface area contributed by atoms with Crippen LogP contribution in [0.5, 0.6) is 0 Å². The number of nitrogens with one attached hydrogen (secondary N) is 3. The molecule has 0 spiro atoms. The minimum atomic E-state index is -0.464. The Bertz CT molecular complexity index is 1290. The van der Waals surface area contributed by atoms with E-state index in [-0.39, 0.29) is 34.8 Å². The molecule has 33 heavy (non-hydrogen) atoms. The van der Waals surface area contributed by atoms with Crippen molar-refractivity contribution >= 4 is 29.1 Å². The molecule has 2 aromatic carbocycles. The van der Waals surface area contributed by atoms with Crippen molar-refractivity contribution < 1.29 is 18.8 Å². The quantitative estimate of drug-likeness (QED) is 0.570. The minimum Gasteiger partial charge on any atom is -0.343 e. The van der Waals surface area contributed by atoms with E-state index in [2.05, 4.69) is 26.1 Å². The number of carbonyl (C=O) groups excluding carboxylic acids is 3. The van der Waals surface area contributed by atoms with Gasteiger partial charge in [-0.05, 0) is 49.2 Å². The summed E-state index contributed by atoms with van der Waals surface area (Å²) in [6.07, 6.45) is 3.89. The van der Waals surface area contributed by atoms with Gasteiger partial charge in [-0.1, -0.05) is 6.42 Å². The number of hydrogen-bond acceptors (Lipinski definition) is 5. The van der Waals surface area contributed by atoms with Gasteiger partial charge in [0.2, 0.25) is 5.91 Å². The van der Waals surface area contributed by atoms with Gasteiger partial charge in [0, 0.05) is 24.2 Å². The Balaban J connectivity index is 1.42. The fourth-order valence-electron chi connectivity index (χ4n) is 4.10. The summed E-state index contributed by atoms with van der Waals surface area (Å²) in [5.74, 6) is -0.409. The average Bonchev–Trinajstić information content (AvgIpc) is 2.96. The van der Waals surface area contributed by atoms with Crippen LogP contribution in [0.2, 0.25) is 0 Å². The van der Waals surface area contributed by atoms with E-state index >= 15 is 0 Å². The normalized spacial score (nSPS) is 15.4. The number of anilines is 2. The first-order valence-corrected chi connectivity index (χ1v) is 10.7. The third kappa shape index (κ3) is 4.07.